The molecule has 0 aromatic carbocycles. The maximum absolute atomic E-state index is 12.6. The number of hydrogen-bond donors (Lipinski definition) is 3. The van der Waals surface area contributed by atoms with Gasteiger partial charge in [-0.15, -0.1) is 0 Å². The smallest absolute Gasteiger partial charge is 0.472 e. The normalized spacial score (nSPS) is 14.0. The molecule has 0 aliphatic heterocycles. The molecule has 0 aliphatic rings. The second-order valence-corrected chi connectivity index (χ2v) is 15.6. The van der Waals surface area contributed by atoms with Crippen LogP contribution in [0, 0.1) is 0 Å². The van der Waals surface area contributed by atoms with Crippen LogP contribution < -0.4 is 5.73 Å². The lowest BCUT2D eigenvalue weighted by molar-refractivity contribution is -0.161. The quantitative estimate of drug-likeness (QED) is 0.0235. The van der Waals surface area contributed by atoms with Gasteiger partial charge in [0.25, 0.3) is 0 Å². The fourth-order valence-electron chi connectivity index (χ4n) is 5.58. The van der Waals surface area contributed by atoms with Gasteiger partial charge in [-0.05, 0) is 64.2 Å². The lowest BCUT2D eigenvalue weighted by Crippen LogP contribution is -2.34. The van der Waals surface area contributed by atoms with Crippen LogP contribution in [0.25, 0.3) is 0 Å². The van der Waals surface area contributed by atoms with Crippen LogP contribution in [0.5, 0.6) is 0 Å². The van der Waals surface area contributed by atoms with Gasteiger partial charge in [0.15, 0.2) is 6.10 Å². The minimum absolute atomic E-state index is 0.156. The Kier molecular flexibility index (Phi) is 35.5. The number of allylic oxidation sites excluding steroid dienone is 4. The van der Waals surface area contributed by atoms with Crippen LogP contribution in [0.1, 0.15) is 187 Å². The summed E-state index contributed by atoms with van der Waals surface area (Å²) in [5.74, 6) is -2.39. The average molecular weight is 774 g/mol. The number of nitrogens with two attached hydrogens (primary N) is 1. The van der Waals surface area contributed by atoms with E-state index in [1.54, 1.807) is 0 Å². The molecule has 0 radical (unpaired) electrons. The summed E-state index contributed by atoms with van der Waals surface area (Å²) in [6.45, 7) is 2.77. The van der Waals surface area contributed by atoms with E-state index in [0.717, 1.165) is 70.6 Å². The highest BCUT2D eigenvalue weighted by Crippen LogP contribution is 2.43. The first kappa shape index (κ1) is 51.0. The molecular formula is C41H76NO10P. The first-order chi connectivity index (χ1) is 25.6. The Morgan fingerprint density at radius 1 is 0.566 bits per heavy atom. The van der Waals surface area contributed by atoms with Gasteiger partial charge in [-0.1, -0.05) is 134 Å². The van der Waals surface area contributed by atoms with E-state index in [4.69, 9.17) is 24.8 Å². The van der Waals surface area contributed by atoms with Gasteiger partial charge in [0.2, 0.25) is 0 Å². The summed E-state index contributed by atoms with van der Waals surface area (Å²) >= 11 is 0. The van der Waals surface area contributed by atoms with Crippen LogP contribution in [0.4, 0.5) is 0 Å². The van der Waals surface area contributed by atoms with E-state index >= 15 is 0 Å². The summed E-state index contributed by atoms with van der Waals surface area (Å²) in [7, 11) is -4.71. The van der Waals surface area contributed by atoms with E-state index in [1.807, 2.05) is 0 Å². The molecule has 0 bridgehead atoms. The van der Waals surface area contributed by atoms with E-state index < -0.39 is 51.1 Å². The Hall–Kier alpha value is -2.04. The number of carboxylic acids is 1. The van der Waals surface area contributed by atoms with Crippen molar-refractivity contribution in [2.45, 2.75) is 199 Å². The average Bonchev–Trinajstić information content (AvgIpc) is 3.13. The lowest BCUT2D eigenvalue weighted by Gasteiger charge is -2.20. The molecule has 0 saturated carbocycles. The number of unbranched alkanes of at least 4 members (excludes halogenated alkanes) is 21. The third kappa shape index (κ3) is 36.7. The molecule has 0 saturated heterocycles. The van der Waals surface area contributed by atoms with E-state index in [0.29, 0.717) is 12.8 Å². The molecule has 12 heteroatoms. The first-order valence-corrected chi connectivity index (χ1v) is 22.4. The SMILES string of the molecule is CCCCCC/C=C/CCCCCCCCCC(=O)O[C@H](COC(=O)CCCCCCC/C=C/CCCCCCC)COP(=O)(O)OC[C@H](N)C(=O)O. The van der Waals surface area contributed by atoms with Crippen molar-refractivity contribution in [1.82, 2.24) is 0 Å². The Bertz CT molecular complexity index is 1010. The minimum atomic E-state index is -4.71. The van der Waals surface area contributed by atoms with Crippen LogP contribution in [-0.2, 0) is 37.5 Å². The maximum atomic E-state index is 12.6. The Morgan fingerprint density at radius 3 is 1.40 bits per heavy atom. The fourth-order valence-corrected chi connectivity index (χ4v) is 6.36. The van der Waals surface area contributed by atoms with E-state index in [2.05, 4.69) is 42.7 Å². The standard InChI is InChI=1S/C41H76NO10P/c1-3-5-7-9-11-13-15-17-19-21-23-25-27-29-31-33-40(44)52-37(35-50-53(47,48)51-36-38(42)41(45)46)34-49-39(43)32-30-28-26-24-22-20-18-16-14-12-10-8-6-4-2/h13,15-16,18,37-38H,3-12,14,17,19-36,42H2,1-2H3,(H,45,46)(H,47,48)/b15-13+,18-16+/t37-,38+/m1/s1. The molecule has 11 nitrogen and oxygen atoms in total. The molecule has 3 atom stereocenters. The van der Waals surface area contributed by atoms with E-state index in [9.17, 15) is 23.8 Å². The van der Waals surface area contributed by atoms with Gasteiger partial charge in [0.05, 0.1) is 13.2 Å². The summed E-state index contributed by atoms with van der Waals surface area (Å²) in [5.41, 5.74) is 5.32. The van der Waals surface area contributed by atoms with Gasteiger partial charge in [0.1, 0.15) is 12.6 Å². The van der Waals surface area contributed by atoms with Gasteiger partial charge in [-0.2, -0.15) is 0 Å². The number of ether oxygens (including phenoxy) is 2. The second-order valence-electron chi connectivity index (χ2n) is 14.1. The molecule has 0 aromatic rings. The number of esters is 2. The van der Waals surface area contributed by atoms with Crippen LogP contribution >= 0.6 is 7.82 Å². The predicted molar refractivity (Wildman–Crippen MR) is 212 cm³/mol. The largest absolute Gasteiger partial charge is 0.480 e. The molecular weight excluding hydrogens is 697 g/mol. The number of rotatable bonds is 39. The van der Waals surface area contributed by atoms with Gasteiger partial charge in [0, 0.05) is 12.8 Å². The monoisotopic (exact) mass is 774 g/mol. The molecule has 0 rings (SSSR count). The minimum Gasteiger partial charge on any atom is -0.480 e. The number of aliphatic carboxylic acids is 1. The van der Waals surface area contributed by atoms with Gasteiger partial charge in [-0.3, -0.25) is 23.4 Å². The molecule has 4 N–H and O–H groups in total. The number of carbonyl (C=O) groups is 3. The first-order valence-electron chi connectivity index (χ1n) is 20.9. The van der Waals surface area contributed by atoms with Crippen molar-refractivity contribution in [3.8, 4) is 0 Å². The molecule has 0 aromatic heterocycles. The Balaban J connectivity index is 4.40. The number of phosphoric ester groups is 1. The highest BCUT2D eigenvalue weighted by atomic mass is 31.2. The Labute approximate surface area is 321 Å². The van der Waals surface area contributed by atoms with Crippen molar-refractivity contribution in [2.24, 2.45) is 5.73 Å². The van der Waals surface area contributed by atoms with Crippen LogP contribution in [0.15, 0.2) is 24.3 Å². The maximum Gasteiger partial charge on any atom is 0.472 e. The van der Waals surface area contributed by atoms with Crippen molar-refractivity contribution < 1.29 is 47.5 Å². The fraction of sp³-hybridized carbons (Fsp3) is 0.829. The number of carboxylic acid groups (broad SMARTS) is 1. The van der Waals surface area contributed by atoms with Crippen molar-refractivity contribution in [3.63, 3.8) is 0 Å². The summed E-state index contributed by atoms with van der Waals surface area (Å²) in [4.78, 5) is 45.9. The Morgan fingerprint density at radius 2 is 0.943 bits per heavy atom. The molecule has 0 spiro atoms. The van der Waals surface area contributed by atoms with Gasteiger partial charge < -0.3 is 25.2 Å². The van der Waals surface area contributed by atoms with Crippen LogP contribution in [0.3, 0.4) is 0 Å². The summed E-state index contributed by atoms with van der Waals surface area (Å²) in [6, 6.07) is -1.52. The molecule has 0 fully saturated rings. The van der Waals surface area contributed by atoms with Gasteiger partial charge in [-0.25, -0.2) is 4.57 Å². The predicted octanol–water partition coefficient (Wildman–Crippen LogP) is 10.7. The summed E-state index contributed by atoms with van der Waals surface area (Å²) in [6.07, 6.45) is 36.7. The third-order valence-corrected chi connectivity index (χ3v) is 9.87. The molecule has 0 amide bonds. The molecule has 310 valence electrons. The lowest BCUT2D eigenvalue weighted by atomic mass is 10.1. The molecule has 0 aliphatic carbocycles. The zero-order valence-corrected chi connectivity index (χ0v) is 34.3. The van der Waals surface area contributed by atoms with Crippen molar-refractivity contribution in [3.05, 3.63) is 24.3 Å². The number of hydrogen-bond acceptors (Lipinski definition) is 9. The highest BCUT2D eigenvalue weighted by molar-refractivity contribution is 7.47. The summed E-state index contributed by atoms with van der Waals surface area (Å²) in [5, 5.41) is 8.87. The second kappa shape index (κ2) is 36.9. The zero-order chi connectivity index (χ0) is 39.3. The zero-order valence-electron chi connectivity index (χ0n) is 33.4. The third-order valence-electron chi connectivity index (χ3n) is 8.92. The number of phosphoric acid groups is 1. The van der Waals surface area contributed by atoms with E-state index in [-0.39, 0.29) is 19.4 Å². The van der Waals surface area contributed by atoms with Gasteiger partial charge >= 0.3 is 25.7 Å². The van der Waals surface area contributed by atoms with E-state index in [1.165, 1.54) is 77.0 Å². The molecule has 1 unspecified atom stereocenters. The topological polar surface area (TPSA) is 172 Å². The van der Waals surface area contributed by atoms with Crippen molar-refractivity contribution in [2.75, 3.05) is 19.8 Å². The van der Waals surface area contributed by atoms with Crippen molar-refractivity contribution >= 4 is 25.7 Å². The summed E-state index contributed by atoms with van der Waals surface area (Å²) < 4.78 is 32.6. The molecule has 53 heavy (non-hydrogen) atoms. The van der Waals surface area contributed by atoms with Crippen LogP contribution in [-0.4, -0.2) is 59.9 Å². The van der Waals surface area contributed by atoms with Crippen LogP contribution in [0.2, 0.25) is 0 Å². The number of carbonyl (C=O) groups excluding carboxylic acids is 2. The van der Waals surface area contributed by atoms with Crippen molar-refractivity contribution in [1.29, 1.82) is 0 Å². The highest BCUT2D eigenvalue weighted by Gasteiger charge is 2.28. The molecule has 0 heterocycles.